The van der Waals surface area contributed by atoms with E-state index < -0.39 is 17.2 Å². The molecule has 1 saturated heterocycles. The van der Waals surface area contributed by atoms with Gasteiger partial charge in [0, 0.05) is 25.2 Å². The summed E-state index contributed by atoms with van der Waals surface area (Å²) in [5.41, 5.74) is 5.07. The van der Waals surface area contributed by atoms with E-state index in [2.05, 4.69) is 0 Å². The van der Waals surface area contributed by atoms with Crippen molar-refractivity contribution >= 4 is 5.69 Å². The highest BCUT2D eigenvalue weighted by molar-refractivity contribution is 5.50. The third-order valence-electron chi connectivity index (χ3n) is 3.77. The van der Waals surface area contributed by atoms with E-state index >= 15 is 0 Å². The number of anilines is 1. The van der Waals surface area contributed by atoms with Gasteiger partial charge in [-0.25, -0.2) is 8.78 Å². The third kappa shape index (κ3) is 3.04. The maximum Gasteiger partial charge on any atom is 0.182 e. The van der Waals surface area contributed by atoms with Crippen LogP contribution in [0.3, 0.4) is 0 Å². The number of rotatable bonds is 2. The molecule has 0 aliphatic carbocycles. The highest BCUT2D eigenvalue weighted by Gasteiger charge is 2.26. The summed E-state index contributed by atoms with van der Waals surface area (Å²) in [5.74, 6) is -1.71. The Labute approximate surface area is 112 Å². The van der Waals surface area contributed by atoms with Crippen molar-refractivity contribution in [2.75, 3.05) is 18.0 Å². The van der Waals surface area contributed by atoms with Gasteiger partial charge in [-0.1, -0.05) is 6.07 Å². The molecule has 3 N–H and O–H groups in total. The Balaban J connectivity index is 2.25. The van der Waals surface area contributed by atoms with Crippen molar-refractivity contribution in [2.24, 2.45) is 5.73 Å². The van der Waals surface area contributed by atoms with Gasteiger partial charge in [0.15, 0.2) is 11.6 Å². The molecule has 1 aliphatic rings. The zero-order valence-corrected chi connectivity index (χ0v) is 11.1. The molecule has 0 amide bonds. The van der Waals surface area contributed by atoms with Gasteiger partial charge >= 0.3 is 0 Å². The molecule has 3 nitrogen and oxygen atoms in total. The first-order valence-electron chi connectivity index (χ1n) is 6.59. The van der Waals surface area contributed by atoms with Gasteiger partial charge in [-0.3, -0.25) is 0 Å². The standard InChI is InChI=1S/C14H20F2N2O/c1-14(19)5-2-7-18(8-6-14)11-4-3-10(9-17)12(15)13(11)16/h3-4,19H,2,5-9,17H2,1H3. The number of hydrogen-bond acceptors (Lipinski definition) is 3. The van der Waals surface area contributed by atoms with E-state index in [1.54, 1.807) is 17.9 Å². The Kier molecular flexibility index (Phi) is 4.06. The lowest BCUT2D eigenvalue weighted by Crippen LogP contribution is -2.29. The summed E-state index contributed by atoms with van der Waals surface area (Å²) in [6.07, 6.45) is 1.98. The molecule has 1 heterocycles. The molecule has 5 heteroatoms. The zero-order chi connectivity index (χ0) is 14.0. The Morgan fingerprint density at radius 1 is 1.26 bits per heavy atom. The Morgan fingerprint density at radius 2 is 2.00 bits per heavy atom. The van der Waals surface area contributed by atoms with Crippen molar-refractivity contribution in [1.82, 2.24) is 0 Å². The van der Waals surface area contributed by atoms with Crippen molar-refractivity contribution in [2.45, 2.75) is 38.3 Å². The Morgan fingerprint density at radius 3 is 2.68 bits per heavy atom. The topological polar surface area (TPSA) is 49.5 Å². The molecular weight excluding hydrogens is 250 g/mol. The molecule has 2 rings (SSSR count). The minimum absolute atomic E-state index is 0.0161. The molecule has 1 atom stereocenters. The maximum absolute atomic E-state index is 14.0. The van der Waals surface area contributed by atoms with Gasteiger partial charge in [0.05, 0.1) is 11.3 Å². The molecule has 0 saturated carbocycles. The molecule has 0 aromatic heterocycles. The predicted octanol–water partition coefficient (Wildman–Crippen LogP) is 2.16. The highest BCUT2D eigenvalue weighted by Crippen LogP contribution is 2.29. The first kappa shape index (κ1) is 14.2. The molecule has 1 aromatic carbocycles. The van der Waals surface area contributed by atoms with Gasteiger partial charge in [0.2, 0.25) is 0 Å². The fourth-order valence-electron chi connectivity index (χ4n) is 2.49. The van der Waals surface area contributed by atoms with Crippen LogP contribution in [0.5, 0.6) is 0 Å². The first-order valence-corrected chi connectivity index (χ1v) is 6.59. The number of nitrogens with zero attached hydrogens (tertiary/aromatic N) is 1. The monoisotopic (exact) mass is 270 g/mol. The average Bonchev–Trinajstić information content (AvgIpc) is 2.54. The van der Waals surface area contributed by atoms with Gasteiger partial charge in [-0.05, 0) is 32.3 Å². The summed E-state index contributed by atoms with van der Waals surface area (Å²) in [6.45, 7) is 2.91. The molecule has 0 spiro atoms. The van der Waals surface area contributed by atoms with Crippen molar-refractivity contribution in [3.63, 3.8) is 0 Å². The fraction of sp³-hybridized carbons (Fsp3) is 0.571. The summed E-state index contributed by atoms with van der Waals surface area (Å²) in [5, 5.41) is 10.0. The van der Waals surface area contributed by atoms with Gasteiger partial charge < -0.3 is 15.7 Å². The second-order valence-corrected chi connectivity index (χ2v) is 5.41. The van der Waals surface area contributed by atoms with E-state index in [-0.39, 0.29) is 17.8 Å². The first-order chi connectivity index (χ1) is 8.94. The normalized spacial score (nSPS) is 24.4. The van der Waals surface area contributed by atoms with Gasteiger partial charge in [-0.2, -0.15) is 0 Å². The van der Waals surface area contributed by atoms with Crippen molar-refractivity contribution in [1.29, 1.82) is 0 Å². The Hall–Kier alpha value is -1.20. The lowest BCUT2D eigenvalue weighted by molar-refractivity contribution is 0.0481. The zero-order valence-electron chi connectivity index (χ0n) is 11.1. The van der Waals surface area contributed by atoms with E-state index in [1.165, 1.54) is 6.07 Å². The number of aliphatic hydroxyl groups is 1. The second-order valence-electron chi connectivity index (χ2n) is 5.41. The van der Waals surface area contributed by atoms with E-state index in [1.807, 2.05) is 0 Å². The summed E-state index contributed by atoms with van der Waals surface area (Å²) >= 11 is 0. The fourth-order valence-corrected chi connectivity index (χ4v) is 2.49. The molecule has 1 unspecified atom stereocenters. The minimum Gasteiger partial charge on any atom is -0.390 e. The van der Waals surface area contributed by atoms with Crippen LogP contribution in [0.1, 0.15) is 31.7 Å². The largest absolute Gasteiger partial charge is 0.390 e. The molecule has 1 fully saturated rings. The average molecular weight is 270 g/mol. The SMILES string of the molecule is CC1(O)CCCN(c2ccc(CN)c(F)c2F)CC1. The van der Waals surface area contributed by atoms with Gasteiger partial charge in [-0.15, -0.1) is 0 Å². The van der Waals surface area contributed by atoms with Crippen molar-refractivity contribution in [3.8, 4) is 0 Å². The predicted molar refractivity (Wildman–Crippen MR) is 70.9 cm³/mol. The van der Waals surface area contributed by atoms with E-state index in [9.17, 15) is 13.9 Å². The molecule has 1 aliphatic heterocycles. The minimum atomic E-state index is -0.865. The number of halogens is 2. The second kappa shape index (κ2) is 5.43. The summed E-state index contributed by atoms with van der Waals surface area (Å²) < 4.78 is 27.8. The quantitative estimate of drug-likeness (QED) is 0.866. The van der Waals surface area contributed by atoms with E-state index in [0.717, 1.165) is 6.42 Å². The molecule has 0 radical (unpaired) electrons. The Bertz CT molecular complexity index is 463. The van der Waals surface area contributed by atoms with Gasteiger partial charge in [0.25, 0.3) is 0 Å². The van der Waals surface area contributed by atoms with Gasteiger partial charge in [0.1, 0.15) is 0 Å². The molecule has 1 aromatic rings. The van der Waals surface area contributed by atoms with Crippen LogP contribution < -0.4 is 10.6 Å². The third-order valence-corrected chi connectivity index (χ3v) is 3.77. The van der Waals surface area contributed by atoms with E-state index in [4.69, 9.17) is 5.73 Å². The number of benzene rings is 1. The van der Waals surface area contributed by atoms with Crippen LogP contribution in [0.15, 0.2) is 12.1 Å². The van der Waals surface area contributed by atoms with Crippen LogP contribution in [0.25, 0.3) is 0 Å². The van der Waals surface area contributed by atoms with Crippen LogP contribution in [0.2, 0.25) is 0 Å². The van der Waals surface area contributed by atoms with Crippen LogP contribution in [0.4, 0.5) is 14.5 Å². The maximum atomic E-state index is 14.0. The molecule has 19 heavy (non-hydrogen) atoms. The lowest BCUT2D eigenvalue weighted by atomic mass is 9.98. The van der Waals surface area contributed by atoms with Crippen LogP contribution in [-0.2, 0) is 6.54 Å². The number of nitrogens with two attached hydrogens (primary N) is 1. The number of hydrogen-bond donors (Lipinski definition) is 2. The van der Waals surface area contributed by atoms with Crippen molar-refractivity contribution in [3.05, 3.63) is 29.3 Å². The molecule has 106 valence electrons. The molecule has 0 bridgehead atoms. The van der Waals surface area contributed by atoms with Crippen LogP contribution >= 0.6 is 0 Å². The van der Waals surface area contributed by atoms with E-state index in [0.29, 0.717) is 25.9 Å². The highest BCUT2D eigenvalue weighted by atomic mass is 19.2. The molecular formula is C14H20F2N2O. The van der Waals surface area contributed by atoms with Crippen molar-refractivity contribution < 1.29 is 13.9 Å². The lowest BCUT2D eigenvalue weighted by Gasteiger charge is -2.25. The summed E-state index contributed by atoms with van der Waals surface area (Å²) in [7, 11) is 0. The van der Waals surface area contributed by atoms with Crippen LogP contribution in [-0.4, -0.2) is 23.8 Å². The summed E-state index contributed by atoms with van der Waals surface area (Å²) in [6, 6.07) is 3.09. The van der Waals surface area contributed by atoms with Crippen LogP contribution in [0, 0.1) is 11.6 Å². The summed E-state index contributed by atoms with van der Waals surface area (Å²) in [4.78, 5) is 1.79. The smallest absolute Gasteiger partial charge is 0.182 e.